The van der Waals surface area contributed by atoms with Gasteiger partial charge in [-0.1, -0.05) is 35.0 Å². The minimum Gasteiger partial charge on any atom is -0.313 e. The highest BCUT2D eigenvalue weighted by Crippen LogP contribution is 2.27. The van der Waals surface area contributed by atoms with Crippen molar-refractivity contribution < 1.29 is 8.42 Å². The molecule has 0 fully saturated rings. The molecule has 0 aliphatic rings. The smallest absolute Gasteiger partial charge is 0.150 e. The summed E-state index contributed by atoms with van der Waals surface area (Å²) in [5.41, 5.74) is 2.44. The third kappa shape index (κ3) is 4.89. The molecule has 0 bridgehead atoms. The molecular formula is C14H22BrNO2S. The Hall–Kier alpha value is -0.390. The number of hydrogen-bond acceptors (Lipinski definition) is 3. The van der Waals surface area contributed by atoms with Crippen LogP contribution in [0.4, 0.5) is 0 Å². The van der Waals surface area contributed by atoms with E-state index < -0.39 is 9.84 Å². The fourth-order valence-corrected chi connectivity index (χ4v) is 3.39. The lowest BCUT2D eigenvalue weighted by Crippen LogP contribution is -2.19. The Kier molecular flexibility index (Phi) is 6.50. The van der Waals surface area contributed by atoms with Crippen molar-refractivity contribution in [1.82, 2.24) is 5.32 Å². The highest BCUT2D eigenvalue weighted by molar-refractivity contribution is 9.10. The molecule has 1 aromatic carbocycles. The van der Waals surface area contributed by atoms with Gasteiger partial charge in [0.1, 0.15) is 9.84 Å². The zero-order chi connectivity index (χ0) is 14.5. The molecule has 1 rings (SSSR count). The van der Waals surface area contributed by atoms with Gasteiger partial charge in [-0.05, 0) is 44.0 Å². The van der Waals surface area contributed by atoms with Crippen molar-refractivity contribution in [2.24, 2.45) is 0 Å². The van der Waals surface area contributed by atoms with Gasteiger partial charge >= 0.3 is 0 Å². The maximum atomic E-state index is 11.5. The number of sulfone groups is 1. The zero-order valence-corrected chi connectivity index (χ0v) is 14.1. The summed E-state index contributed by atoms with van der Waals surface area (Å²) in [5.74, 6) is 0.502. The minimum atomic E-state index is -2.86. The van der Waals surface area contributed by atoms with Crippen molar-refractivity contribution in [1.29, 1.82) is 0 Å². The van der Waals surface area contributed by atoms with Crippen LogP contribution in [0.25, 0.3) is 0 Å². The Labute approximate surface area is 124 Å². The summed E-state index contributed by atoms with van der Waals surface area (Å²) in [7, 11) is -0.945. The van der Waals surface area contributed by atoms with Gasteiger partial charge in [-0.25, -0.2) is 8.42 Å². The topological polar surface area (TPSA) is 46.2 Å². The van der Waals surface area contributed by atoms with Crippen LogP contribution >= 0.6 is 15.9 Å². The van der Waals surface area contributed by atoms with E-state index in [0.29, 0.717) is 6.42 Å². The van der Waals surface area contributed by atoms with Crippen LogP contribution in [0.2, 0.25) is 0 Å². The van der Waals surface area contributed by atoms with Gasteiger partial charge in [-0.3, -0.25) is 0 Å². The maximum absolute atomic E-state index is 11.5. The molecule has 1 unspecified atom stereocenters. The average Bonchev–Trinajstić information content (AvgIpc) is 2.38. The first-order chi connectivity index (χ1) is 8.91. The van der Waals surface area contributed by atoms with Crippen LogP contribution in [0.15, 0.2) is 22.7 Å². The van der Waals surface area contributed by atoms with Crippen LogP contribution in [0.3, 0.4) is 0 Å². The van der Waals surface area contributed by atoms with Crippen LogP contribution < -0.4 is 5.32 Å². The molecule has 0 aromatic heterocycles. The lowest BCUT2D eigenvalue weighted by atomic mass is 9.98. The monoisotopic (exact) mass is 347 g/mol. The van der Waals surface area contributed by atoms with Gasteiger partial charge in [-0.15, -0.1) is 0 Å². The second kappa shape index (κ2) is 7.41. The Morgan fingerprint density at radius 1 is 1.37 bits per heavy atom. The maximum Gasteiger partial charge on any atom is 0.150 e. The molecule has 19 heavy (non-hydrogen) atoms. The lowest BCUT2D eigenvalue weighted by Gasteiger charge is -2.19. The molecule has 0 heterocycles. The quantitative estimate of drug-likeness (QED) is 0.823. The third-order valence-electron chi connectivity index (χ3n) is 3.42. The lowest BCUT2D eigenvalue weighted by molar-refractivity contribution is 0.533. The molecule has 0 aliphatic heterocycles. The third-order valence-corrected chi connectivity index (χ3v) is 6.07. The minimum absolute atomic E-state index is 0.199. The first-order valence-electron chi connectivity index (χ1n) is 6.54. The van der Waals surface area contributed by atoms with Gasteiger partial charge in [0.05, 0.1) is 5.75 Å². The van der Waals surface area contributed by atoms with Crippen LogP contribution in [-0.2, 0) is 9.84 Å². The van der Waals surface area contributed by atoms with Crippen molar-refractivity contribution in [3.63, 3.8) is 0 Å². The van der Waals surface area contributed by atoms with Crippen LogP contribution in [0, 0.1) is 6.92 Å². The Morgan fingerprint density at radius 2 is 2.05 bits per heavy atom. The van der Waals surface area contributed by atoms with E-state index in [1.54, 1.807) is 6.92 Å². The van der Waals surface area contributed by atoms with Crippen molar-refractivity contribution in [3.8, 4) is 0 Å². The molecule has 0 aliphatic carbocycles. The van der Waals surface area contributed by atoms with E-state index in [1.165, 1.54) is 11.1 Å². The molecule has 1 N–H and O–H groups in total. The van der Waals surface area contributed by atoms with E-state index >= 15 is 0 Å². The van der Waals surface area contributed by atoms with Crippen LogP contribution in [0.1, 0.15) is 36.9 Å². The summed E-state index contributed by atoms with van der Waals surface area (Å²) in [6.45, 7) is 3.77. The van der Waals surface area contributed by atoms with Crippen molar-refractivity contribution in [3.05, 3.63) is 33.8 Å². The molecule has 0 amide bonds. The van der Waals surface area contributed by atoms with Crippen molar-refractivity contribution in [2.45, 2.75) is 32.7 Å². The molecule has 3 nitrogen and oxygen atoms in total. The highest BCUT2D eigenvalue weighted by Gasteiger charge is 2.15. The molecular weight excluding hydrogens is 326 g/mol. The molecule has 0 saturated heterocycles. The van der Waals surface area contributed by atoms with Gasteiger partial charge in [0.15, 0.2) is 0 Å². The first kappa shape index (κ1) is 16.7. The van der Waals surface area contributed by atoms with Crippen LogP contribution in [0.5, 0.6) is 0 Å². The molecule has 0 saturated carbocycles. The predicted molar refractivity (Wildman–Crippen MR) is 84.2 cm³/mol. The molecule has 5 heteroatoms. The van der Waals surface area contributed by atoms with Gasteiger partial charge in [0.25, 0.3) is 0 Å². The van der Waals surface area contributed by atoms with E-state index in [1.807, 2.05) is 19.2 Å². The van der Waals surface area contributed by atoms with E-state index in [-0.39, 0.29) is 17.5 Å². The summed E-state index contributed by atoms with van der Waals surface area (Å²) in [5, 5.41) is 3.28. The Bertz CT molecular complexity index is 514. The second-order valence-corrected chi connectivity index (χ2v) is 8.00. The van der Waals surface area contributed by atoms with Gasteiger partial charge in [0, 0.05) is 16.3 Å². The molecule has 0 radical (unpaired) electrons. The Morgan fingerprint density at radius 3 is 2.63 bits per heavy atom. The van der Waals surface area contributed by atoms with Gasteiger partial charge < -0.3 is 5.32 Å². The van der Waals surface area contributed by atoms with E-state index in [9.17, 15) is 8.42 Å². The fourth-order valence-electron chi connectivity index (χ4n) is 2.11. The summed E-state index contributed by atoms with van der Waals surface area (Å²) >= 11 is 3.53. The number of halogens is 1. The average molecular weight is 348 g/mol. The number of rotatable bonds is 7. The molecule has 108 valence electrons. The highest BCUT2D eigenvalue weighted by atomic mass is 79.9. The predicted octanol–water partition coefficient (Wildman–Crippen LogP) is 3.23. The summed E-state index contributed by atoms with van der Waals surface area (Å²) in [6, 6.07) is 6.33. The summed E-state index contributed by atoms with van der Waals surface area (Å²) in [4.78, 5) is 0. The molecule has 1 aromatic rings. The van der Waals surface area contributed by atoms with E-state index in [2.05, 4.69) is 34.2 Å². The summed E-state index contributed by atoms with van der Waals surface area (Å²) < 4.78 is 24.1. The van der Waals surface area contributed by atoms with Gasteiger partial charge in [0.2, 0.25) is 0 Å². The zero-order valence-electron chi connectivity index (χ0n) is 11.7. The number of benzene rings is 1. The van der Waals surface area contributed by atoms with E-state index in [0.717, 1.165) is 10.9 Å². The fraction of sp³-hybridized carbons (Fsp3) is 0.571. The van der Waals surface area contributed by atoms with Crippen molar-refractivity contribution >= 4 is 25.8 Å². The number of hydrogen-bond donors (Lipinski definition) is 1. The van der Waals surface area contributed by atoms with Crippen LogP contribution in [-0.4, -0.2) is 27.0 Å². The van der Waals surface area contributed by atoms with Crippen molar-refractivity contribution in [2.75, 3.05) is 18.6 Å². The SMILES string of the molecule is CCS(=O)(=O)CCCC(NC)c1cccc(Br)c1C. The Balaban J connectivity index is 2.71. The van der Waals surface area contributed by atoms with E-state index in [4.69, 9.17) is 0 Å². The first-order valence-corrected chi connectivity index (χ1v) is 9.15. The second-order valence-electron chi connectivity index (χ2n) is 4.67. The van der Waals surface area contributed by atoms with Gasteiger partial charge in [-0.2, -0.15) is 0 Å². The molecule has 1 atom stereocenters. The molecule has 0 spiro atoms. The summed E-state index contributed by atoms with van der Waals surface area (Å²) in [6.07, 6.45) is 1.51. The largest absolute Gasteiger partial charge is 0.313 e. The number of nitrogens with one attached hydrogen (secondary N) is 1. The normalized spacial score (nSPS) is 13.5. The standard InChI is InChI=1S/C14H22BrNO2S/c1-4-19(17,18)10-6-9-14(16-3)12-7-5-8-13(15)11(12)2/h5,7-8,14,16H,4,6,9-10H2,1-3H3.